The Balaban J connectivity index is 1.96. The molecule has 0 unspecified atom stereocenters. The smallest absolute Gasteiger partial charge is 0.267 e. The minimum absolute atomic E-state index is 0.279. The maximum absolute atomic E-state index is 13.1. The molecule has 4 aromatic rings. The Morgan fingerprint density at radius 3 is 2.67 bits per heavy atom. The lowest BCUT2D eigenvalue weighted by Gasteiger charge is -2.09. The van der Waals surface area contributed by atoms with Crippen molar-refractivity contribution in [2.45, 2.75) is 6.92 Å². The largest absolute Gasteiger partial charge is 0.282 e. The van der Waals surface area contributed by atoms with Gasteiger partial charge in [0.2, 0.25) is 0 Å². The molecule has 0 N–H and O–H groups in total. The SMILES string of the molecule is Cc1cccc(C=Nn2c(-c3ccncc3)nc3ccc(Cl)cc3c2=O)c1. The van der Waals surface area contributed by atoms with Crippen molar-refractivity contribution in [2.75, 3.05) is 0 Å². The molecule has 0 aliphatic carbocycles. The number of pyridine rings is 1. The number of benzene rings is 2. The van der Waals surface area contributed by atoms with Crippen molar-refractivity contribution in [1.29, 1.82) is 0 Å². The minimum Gasteiger partial charge on any atom is -0.267 e. The lowest BCUT2D eigenvalue weighted by atomic mass is 10.2. The molecule has 0 amide bonds. The van der Waals surface area contributed by atoms with E-state index in [4.69, 9.17) is 11.6 Å². The normalized spacial score (nSPS) is 11.3. The highest BCUT2D eigenvalue weighted by atomic mass is 35.5. The highest BCUT2D eigenvalue weighted by molar-refractivity contribution is 6.31. The molecule has 0 aliphatic heterocycles. The standard InChI is InChI=1S/C21H15ClN4O/c1-14-3-2-4-15(11-14)13-24-26-20(16-7-9-23-10-8-16)25-19-6-5-17(22)12-18(19)21(26)27/h2-13H,1H3. The molecule has 6 heteroatoms. The maximum Gasteiger partial charge on any atom is 0.282 e. The van der Waals surface area contributed by atoms with E-state index in [1.54, 1.807) is 48.9 Å². The Hall–Kier alpha value is -3.31. The van der Waals surface area contributed by atoms with Crippen LogP contribution in [0.5, 0.6) is 0 Å². The van der Waals surface area contributed by atoms with Gasteiger partial charge in [-0.05, 0) is 42.8 Å². The first kappa shape index (κ1) is 17.1. The number of fused-ring (bicyclic) bond motifs is 1. The second kappa shape index (κ2) is 7.13. The van der Waals surface area contributed by atoms with E-state index in [0.29, 0.717) is 21.7 Å². The van der Waals surface area contributed by atoms with E-state index in [1.807, 2.05) is 31.2 Å². The summed E-state index contributed by atoms with van der Waals surface area (Å²) in [6.45, 7) is 2.01. The molecule has 0 bridgehead atoms. The number of hydrogen-bond acceptors (Lipinski definition) is 4. The Bertz CT molecular complexity index is 1220. The molecule has 5 nitrogen and oxygen atoms in total. The molecule has 2 aromatic heterocycles. The summed E-state index contributed by atoms with van der Waals surface area (Å²) in [5.74, 6) is 0.445. The second-order valence-corrected chi connectivity index (χ2v) is 6.54. The van der Waals surface area contributed by atoms with Gasteiger partial charge in [0.05, 0.1) is 17.1 Å². The number of rotatable bonds is 3. The molecule has 0 saturated heterocycles. The van der Waals surface area contributed by atoms with Gasteiger partial charge in [0.1, 0.15) is 0 Å². The van der Waals surface area contributed by atoms with Crippen LogP contribution in [-0.4, -0.2) is 20.9 Å². The van der Waals surface area contributed by atoms with Gasteiger partial charge >= 0.3 is 0 Å². The van der Waals surface area contributed by atoms with Crippen LogP contribution < -0.4 is 5.56 Å². The Kier molecular flexibility index (Phi) is 4.52. The van der Waals surface area contributed by atoms with Crippen molar-refractivity contribution in [3.8, 4) is 11.4 Å². The summed E-state index contributed by atoms with van der Waals surface area (Å²) < 4.78 is 1.30. The molecule has 0 saturated carbocycles. The summed E-state index contributed by atoms with van der Waals surface area (Å²) >= 11 is 6.07. The summed E-state index contributed by atoms with van der Waals surface area (Å²) in [6.07, 6.45) is 4.96. The fourth-order valence-corrected chi connectivity index (χ4v) is 2.99. The number of halogens is 1. The molecule has 0 spiro atoms. The second-order valence-electron chi connectivity index (χ2n) is 6.11. The van der Waals surface area contributed by atoms with E-state index in [1.165, 1.54) is 4.68 Å². The Morgan fingerprint density at radius 2 is 1.89 bits per heavy atom. The average molecular weight is 375 g/mol. The third-order valence-electron chi connectivity index (χ3n) is 4.11. The summed E-state index contributed by atoms with van der Waals surface area (Å²) in [5, 5.41) is 5.32. The number of nitrogens with zero attached hydrogens (tertiary/aromatic N) is 4. The van der Waals surface area contributed by atoms with Gasteiger partial charge in [-0.15, -0.1) is 0 Å². The van der Waals surface area contributed by atoms with Crippen molar-refractivity contribution in [3.63, 3.8) is 0 Å². The molecule has 0 atom stereocenters. The summed E-state index contributed by atoms with van der Waals surface area (Å²) in [6, 6.07) is 16.5. The highest BCUT2D eigenvalue weighted by Gasteiger charge is 2.12. The van der Waals surface area contributed by atoms with Gasteiger partial charge in [0, 0.05) is 23.0 Å². The van der Waals surface area contributed by atoms with E-state index < -0.39 is 0 Å². The monoisotopic (exact) mass is 374 g/mol. The van der Waals surface area contributed by atoms with Crippen LogP contribution in [0.4, 0.5) is 0 Å². The quantitative estimate of drug-likeness (QED) is 0.502. The van der Waals surface area contributed by atoms with E-state index in [9.17, 15) is 4.79 Å². The minimum atomic E-state index is -0.279. The molecule has 2 heterocycles. The molecule has 0 radical (unpaired) electrons. The molecule has 132 valence electrons. The highest BCUT2D eigenvalue weighted by Crippen LogP contribution is 2.20. The predicted molar refractivity (Wildman–Crippen MR) is 108 cm³/mol. The lowest BCUT2D eigenvalue weighted by molar-refractivity contribution is 0.829. The van der Waals surface area contributed by atoms with Crippen LogP contribution >= 0.6 is 11.6 Å². The molecule has 4 rings (SSSR count). The van der Waals surface area contributed by atoms with Crippen LogP contribution in [0.25, 0.3) is 22.3 Å². The van der Waals surface area contributed by atoms with Crippen LogP contribution in [0.15, 0.2) is 76.9 Å². The third kappa shape index (κ3) is 3.50. The topological polar surface area (TPSA) is 60.1 Å². The zero-order chi connectivity index (χ0) is 18.8. The Morgan fingerprint density at radius 1 is 1.07 bits per heavy atom. The van der Waals surface area contributed by atoms with Crippen molar-refractivity contribution in [1.82, 2.24) is 14.6 Å². The summed E-state index contributed by atoms with van der Waals surface area (Å²) in [5.41, 5.74) is 3.05. The van der Waals surface area contributed by atoms with E-state index in [0.717, 1.165) is 16.7 Å². The fourth-order valence-electron chi connectivity index (χ4n) is 2.82. The first-order chi connectivity index (χ1) is 13.1. The van der Waals surface area contributed by atoms with E-state index >= 15 is 0 Å². The first-order valence-electron chi connectivity index (χ1n) is 8.35. The molecular formula is C21H15ClN4O. The number of aryl methyl sites for hydroxylation is 1. The van der Waals surface area contributed by atoms with Crippen molar-refractivity contribution < 1.29 is 0 Å². The predicted octanol–water partition coefficient (Wildman–Crippen LogP) is 4.30. The van der Waals surface area contributed by atoms with Crippen molar-refractivity contribution in [2.24, 2.45) is 5.10 Å². The fraction of sp³-hybridized carbons (Fsp3) is 0.0476. The van der Waals surface area contributed by atoms with E-state index in [2.05, 4.69) is 15.1 Å². The first-order valence-corrected chi connectivity index (χ1v) is 8.73. The zero-order valence-electron chi connectivity index (χ0n) is 14.5. The van der Waals surface area contributed by atoms with Crippen LogP contribution in [0.3, 0.4) is 0 Å². The van der Waals surface area contributed by atoms with Crippen LogP contribution in [0, 0.1) is 6.92 Å². The molecular weight excluding hydrogens is 360 g/mol. The zero-order valence-corrected chi connectivity index (χ0v) is 15.3. The number of hydrogen-bond donors (Lipinski definition) is 0. The molecule has 0 fully saturated rings. The van der Waals surface area contributed by atoms with Gasteiger partial charge in [0.15, 0.2) is 5.82 Å². The van der Waals surface area contributed by atoms with Crippen molar-refractivity contribution in [3.05, 3.63) is 93.5 Å². The van der Waals surface area contributed by atoms with Gasteiger partial charge in [-0.25, -0.2) is 4.98 Å². The van der Waals surface area contributed by atoms with Crippen LogP contribution in [-0.2, 0) is 0 Å². The van der Waals surface area contributed by atoms with Crippen LogP contribution in [0.1, 0.15) is 11.1 Å². The molecule has 27 heavy (non-hydrogen) atoms. The van der Waals surface area contributed by atoms with Crippen molar-refractivity contribution >= 4 is 28.7 Å². The lowest BCUT2D eigenvalue weighted by Crippen LogP contribution is -2.20. The maximum atomic E-state index is 13.1. The number of aromatic nitrogens is 3. The molecule has 0 aliphatic rings. The molecule has 2 aromatic carbocycles. The summed E-state index contributed by atoms with van der Waals surface area (Å²) in [4.78, 5) is 21.8. The van der Waals surface area contributed by atoms with Gasteiger partial charge < -0.3 is 0 Å². The van der Waals surface area contributed by atoms with Gasteiger partial charge in [-0.1, -0.05) is 41.4 Å². The third-order valence-corrected chi connectivity index (χ3v) is 4.35. The van der Waals surface area contributed by atoms with Gasteiger partial charge in [-0.2, -0.15) is 9.78 Å². The Labute approximate surface area is 160 Å². The van der Waals surface area contributed by atoms with E-state index in [-0.39, 0.29) is 5.56 Å². The summed E-state index contributed by atoms with van der Waals surface area (Å²) in [7, 11) is 0. The van der Waals surface area contributed by atoms with Gasteiger partial charge in [0.25, 0.3) is 5.56 Å². The van der Waals surface area contributed by atoms with Crippen LogP contribution in [0.2, 0.25) is 5.02 Å². The van der Waals surface area contributed by atoms with Gasteiger partial charge in [-0.3, -0.25) is 9.78 Å². The average Bonchev–Trinajstić information content (AvgIpc) is 2.68.